The molecule has 134 valence electrons. The molecule has 0 amide bonds. The van der Waals surface area contributed by atoms with Crippen molar-refractivity contribution in [3.8, 4) is 5.75 Å². The number of methoxy groups -OCH3 is 1. The summed E-state index contributed by atoms with van der Waals surface area (Å²) in [6.45, 7) is 4.26. The number of nitrogens with zero attached hydrogens (tertiary/aromatic N) is 2. The van der Waals surface area contributed by atoms with Crippen molar-refractivity contribution >= 4 is 17.0 Å². The molecule has 6 nitrogen and oxygen atoms in total. The molecule has 0 aliphatic carbocycles. The van der Waals surface area contributed by atoms with Gasteiger partial charge in [0.15, 0.2) is 0 Å². The highest BCUT2D eigenvalue weighted by Crippen LogP contribution is 2.16. The summed E-state index contributed by atoms with van der Waals surface area (Å²) >= 11 is 0. The molecule has 1 heterocycles. The number of aryl methyl sites for hydroxylation is 2. The van der Waals surface area contributed by atoms with Crippen LogP contribution in [0, 0.1) is 6.92 Å². The molecule has 0 aliphatic heterocycles. The van der Waals surface area contributed by atoms with E-state index in [9.17, 15) is 9.59 Å². The molecular weight excluding hydrogens is 332 g/mol. The average Bonchev–Trinajstić information content (AvgIpc) is 2.67. The summed E-state index contributed by atoms with van der Waals surface area (Å²) < 4.78 is 12.2. The lowest BCUT2D eigenvalue weighted by atomic mass is 10.2. The highest BCUT2D eigenvalue weighted by molar-refractivity contribution is 5.93. The normalized spacial score (nSPS) is 10.7. The molecule has 1 aromatic heterocycles. The second-order valence-electron chi connectivity index (χ2n) is 5.88. The highest BCUT2D eigenvalue weighted by Gasteiger charge is 2.12. The van der Waals surface area contributed by atoms with Crippen LogP contribution in [0.5, 0.6) is 5.75 Å². The van der Waals surface area contributed by atoms with E-state index in [4.69, 9.17) is 9.47 Å². The third-order valence-electron chi connectivity index (χ3n) is 4.17. The van der Waals surface area contributed by atoms with Crippen LogP contribution in [0.25, 0.3) is 11.0 Å². The third-order valence-corrected chi connectivity index (χ3v) is 4.17. The van der Waals surface area contributed by atoms with E-state index in [2.05, 4.69) is 4.98 Å². The van der Waals surface area contributed by atoms with Gasteiger partial charge < -0.3 is 14.0 Å². The maximum absolute atomic E-state index is 12.4. The Labute approximate surface area is 151 Å². The maximum Gasteiger partial charge on any atom is 0.338 e. The van der Waals surface area contributed by atoms with Crippen molar-refractivity contribution in [2.75, 3.05) is 7.11 Å². The van der Waals surface area contributed by atoms with Crippen LogP contribution in [-0.4, -0.2) is 22.6 Å². The summed E-state index contributed by atoms with van der Waals surface area (Å²) in [5, 5.41) is 0. The lowest BCUT2D eigenvalue weighted by Crippen LogP contribution is -2.23. The molecule has 26 heavy (non-hydrogen) atoms. The largest absolute Gasteiger partial charge is 0.497 e. The molecule has 0 saturated carbocycles. The Hall–Kier alpha value is -3.15. The van der Waals surface area contributed by atoms with Crippen molar-refractivity contribution < 1.29 is 14.3 Å². The Morgan fingerprint density at radius 3 is 2.73 bits per heavy atom. The molecule has 0 saturated heterocycles. The first-order valence-corrected chi connectivity index (χ1v) is 8.34. The first-order chi connectivity index (χ1) is 12.5. The Kier molecular flexibility index (Phi) is 5.02. The van der Waals surface area contributed by atoms with E-state index in [0.29, 0.717) is 34.6 Å². The van der Waals surface area contributed by atoms with E-state index in [-0.39, 0.29) is 12.2 Å². The van der Waals surface area contributed by atoms with Gasteiger partial charge in [-0.3, -0.25) is 4.79 Å². The molecule has 0 radical (unpaired) electrons. The second kappa shape index (κ2) is 7.39. The zero-order valence-corrected chi connectivity index (χ0v) is 15.0. The molecule has 0 atom stereocenters. The molecule has 3 rings (SSSR count). The first kappa shape index (κ1) is 17.7. The van der Waals surface area contributed by atoms with Crippen LogP contribution in [0.3, 0.4) is 0 Å². The monoisotopic (exact) mass is 352 g/mol. The predicted molar refractivity (Wildman–Crippen MR) is 98.5 cm³/mol. The minimum atomic E-state index is -0.441. The fraction of sp³-hybridized carbons (Fsp3) is 0.250. The minimum absolute atomic E-state index is 0.117. The molecule has 6 heteroatoms. The first-order valence-electron chi connectivity index (χ1n) is 8.34. The van der Waals surface area contributed by atoms with Crippen molar-refractivity contribution in [1.82, 2.24) is 9.55 Å². The van der Waals surface area contributed by atoms with Crippen molar-refractivity contribution in [2.45, 2.75) is 27.0 Å². The number of carbonyl (C=O) groups is 1. The van der Waals surface area contributed by atoms with Gasteiger partial charge in [0.05, 0.1) is 23.7 Å². The van der Waals surface area contributed by atoms with Crippen LogP contribution in [-0.2, 0) is 17.9 Å². The quantitative estimate of drug-likeness (QED) is 0.660. The molecule has 0 unspecified atom stereocenters. The van der Waals surface area contributed by atoms with Gasteiger partial charge in [0.25, 0.3) is 5.56 Å². The number of hydrogen-bond donors (Lipinski definition) is 0. The number of ether oxygens (including phenoxy) is 2. The summed E-state index contributed by atoms with van der Waals surface area (Å²) in [6.07, 6.45) is 0. The molecule has 0 N–H and O–H groups in total. The van der Waals surface area contributed by atoms with Gasteiger partial charge in [-0.15, -0.1) is 0 Å². The van der Waals surface area contributed by atoms with Crippen LogP contribution in [0.1, 0.15) is 28.5 Å². The number of aromatic nitrogens is 2. The van der Waals surface area contributed by atoms with Crippen molar-refractivity contribution in [3.05, 3.63) is 69.6 Å². The zero-order chi connectivity index (χ0) is 18.7. The van der Waals surface area contributed by atoms with Crippen LogP contribution < -0.4 is 10.3 Å². The Balaban J connectivity index is 1.84. The van der Waals surface area contributed by atoms with E-state index in [0.717, 1.165) is 5.56 Å². The van der Waals surface area contributed by atoms with Crippen molar-refractivity contribution in [3.63, 3.8) is 0 Å². The van der Waals surface area contributed by atoms with Gasteiger partial charge in [-0.05, 0) is 49.7 Å². The van der Waals surface area contributed by atoms with E-state index in [1.165, 1.54) is 0 Å². The van der Waals surface area contributed by atoms with Crippen molar-refractivity contribution in [1.29, 1.82) is 0 Å². The second-order valence-corrected chi connectivity index (χ2v) is 5.88. The third kappa shape index (κ3) is 3.44. The van der Waals surface area contributed by atoms with Gasteiger partial charge in [0.1, 0.15) is 18.1 Å². The fourth-order valence-corrected chi connectivity index (χ4v) is 2.81. The molecule has 0 spiro atoms. The van der Waals surface area contributed by atoms with E-state index >= 15 is 0 Å². The summed E-state index contributed by atoms with van der Waals surface area (Å²) in [5.74, 6) is 0.268. The van der Waals surface area contributed by atoms with E-state index < -0.39 is 5.97 Å². The van der Waals surface area contributed by atoms with Gasteiger partial charge in [-0.25, -0.2) is 9.78 Å². The smallest absolute Gasteiger partial charge is 0.338 e. The van der Waals surface area contributed by atoms with Crippen LogP contribution >= 0.6 is 0 Å². The van der Waals surface area contributed by atoms with Crippen LogP contribution in [0.15, 0.2) is 47.3 Å². The zero-order valence-electron chi connectivity index (χ0n) is 15.0. The van der Waals surface area contributed by atoms with Gasteiger partial charge in [-0.1, -0.05) is 12.1 Å². The van der Waals surface area contributed by atoms with Crippen molar-refractivity contribution in [2.24, 2.45) is 0 Å². The lowest BCUT2D eigenvalue weighted by Gasteiger charge is -2.10. The maximum atomic E-state index is 12.4. The standard InChI is InChI=1S/C20H20N2O4/c1-4-22-18-9-8-15(11-17(18)21-13(2)19(22)23)20(24)26-12-14-6-5-7-16(10-14)25-3/h5-11H,4,12H2,1-3H3. The van der Waals surface area contributed by atoms with Crippen LogP contribution in [0.4, 0.5) is 0 Å². The predicted octanol–water partition coefficient (Wildman–Crippen LogP) is 3.09. The summed E-state index contributed by atoms with van der Waals surface area (Å²) in [4.78, 5) is 28.8. The SMILES string of the molecule is CCn1c(=O)c(C)nc2cc(C(=O)OCc3cccc(OC)c3)ccc21. The fourth-order valence-electron chi connectivity index (χ4n) is 2.81. The van der Waals surface area contributed by atoms with Gasteiger partial charge in [-0.2, -0.15) is 0 Å². The summed E-state index contributed by atoms with van der Waals surface area (Å²) in [5.41, 5.74) is 2.82. The van der Waals surface area contributed by atoms with E-state index in [1.54, 1.807) is 36.8 Å². The summed E-state index contributed by atoms with van der Waals surface area (Å²) in [7, 11) is 1.59. The molecule has 0 fully saturated rings. The lowest BCUT2D eigenvalue weighted by molar-refractivity contribution is 0.0472. The minimum Gasteiger partial charge on any atom is -0.497 e. The Morgan fingerprint density at radius 1 is 1.19 bits per heavy atom. The number of rotatable bonds is 5. The molecule has 3 aromatic rings. The number of hydrogen-bond acceptors (Lipinski definition) is 5. The Morgan fingerprint density at radius 2 is 2.00 bits per heavy atom. The highest BCUT2D eigenvalue weighted by atomic mass is 16.5. The number of esters is 1. The number of benzene rings is 2. The number of fused-ring (bicyclic) bond motifs is 1. The van der Waals surface area contributed by atoms with Gasteiger partial charge >= 0.3 is 5.97 Å². The topological polar surface area (TPSA) is 70.4 Å². The number of carbonyl (C=O) groups excluding carboxylic acids is 1. The van der Waals surface area contributed by atoms with E-state index in [1.807, 2.05) is 31.2 Å². The molecule has 2 aromatic carbocycles. The van der Waals surface area contributed by atoms with Crippen LogP contribution in [0.2, 0.25) is 0 Å². The molecule has 0 bridgehead atoms. The molecule has 0 aliphatic rings. The Bertz CT molecular complexity index is 1020. The molecular formula is C20H20N2O4. The van der Waals surface area contributed by atoms with Gasteiger partial charge in [0.2, 0.25) is 0 Å². The van der Waals surface area contributed by atoms with Gasteiger partial charge in [0, 0.05) is 6.54 Å². The summed E-state index contributed by atoms with van der Waals surface area (Å²) in [6, 6.07) is 12.4. The average molecular weight is 352 g/mol.